The van der Waals surface area contributed by atoms with Gasteiger partial charge in [0.1, 0.15) is 17.6 Å². The van der Waals surface area contributed by atoms with E-state index >= 15 is 0 Å². The minimum Gasteiger partial charge on any atom is -0.465 e. The first-order valence-electron chi connectivity index (χ1n) is 3.93. The molecule has 0 amide bonds. The van der Waals surface area contributed by atoms with Gasteiger partial charge in [-0.1, -0.05) is 0 Å². The molecule has 0 atom stereocenters. The SMILES string of the molecule is COC(=O)c1cnc(N)c(C(=N)C#N)c1. The first-order valence-corrected chi connectivity index (χ1v) is 3.93. The van der Waals surface area contributed by atoms with Crippen molar-refractivity contribution in [3.8, 4) is 6.07 Å². The van der Waals surface area contributed by atoms with E-state index in [0.29, 0.717) is 0 Å². The molecule has 0 aromatic carbocycles. The summed E-state index contributed by atoms with van der Waals surface area (Å²) in [6.07, 6.45) is 1.23. The quantitative estimate of drug-likeness (QED) is 0.532. The smallest absolute Gasteiger partial charge is 0.339 e. The molecule has 76 valence electrons. The number of nitrogens with zero attached hydrogens (tertiary/aromatic N) is 2. The van der Waals surface area contributed by atoms with Crippen molar-refractivity contribution in [1.82, 2.24) is 4.98 Å². The molecule has 0 spiro atoms. The molecule has 0 unspecified atom stereocenters. The number of aromatic nitrogens is 1. The number of hydrogen-bond donors (Lipinski definition) is 2. The molecule has 0 radical (unpaired) electrons. The van der Waals surface area contributed by atoms with Crippen LogP contribution in [0.25, 0.3) is 0 Å². The Kier molecular flexibility index (Phi) is 2.98. The number of carbonyl (C=O) groups excluding carboxylic acids is 1. The lowest BCUT2D eigenvalue weighted by molar-refractivity contribution is 0.0600. The number of methoxy groups -OCH3 is 1. The van der Waals surface area contributed by atoms with Crippen LogP contribution in [-0.2, 0) is 4.74 Å². The third-order valence-electron chi connectivity index (χ3n) is 1.72. The first-order chi connectivity index (χ1) is 7.10. The summed E-state index contributed by atoms with van der Waals surface area (Å²) in [7, 11) is 1.23. The van der Waals surface area contributed by atoms with Crippen LogP contribution in [0, 0.1) is 16.7 Å². The normalized spacial score (nSPS) is 9.07. The Hall–Kier alpha value is -2.42. The van der Waals surface area contributed by atoms with Gasteiger partial charge in [-0.05, 0) is 6.07 Å². The number of ether oxygens (including phenoxy) is 1. The number of rotatable bonds is 2. The lowest BCUT2D eigenvalue weighted by Crippen LogP contribution is -2.08. The predicted molar refractivity (Wildman–Crippen MR) is 52.4 cm³/mol. The van der Waals surface area contributed by atoms with Gasteiger partial charge in [0.25, 0.3) is 0 Å². The summed E-state index contributed by atoms with van der Waals surface area (Å²) in [4.78, 5) is 14.8. The van der Waals surface area contributed by atoms with E-state index in [1.165, 1.54) is 19.4 Å². The van der Waals surface area contributed by atoms with E-state index in [4.69, 9.17) is 16.4 Å². The number of nitrogens with one attached hydrogen (secondary N) is 1. The summed E-state index contributed by atoms with van der Waals surface area (Å²) in [6, 6.07) is 2.92. The second kappa shape index (κ2) is 4.19. The van der Waals surface area contributed by atoms with Crippen LogP contribution in [0.15, 0.2) is 12.3 Å². The van der Waals surface area contributed by atoms with Crippen LogP contribution < -0.4 is 5.73 Å². The number of nitriles is 1. The van der Waals surface area contributed by atoms with Crippen LogP contribution in [0.5, 0.6) is 0 Å². The number of pyridine rings is 1. The average Bonchev–Trinajstić information content (AvgIpc) is 2.27. The number of hydrogen-bond acceptors (Lipinski definition) is 6. The van der Waals surface area contributed by atoms with Crippen LogP contribution in [0.4, 0.5) is 5.82 Å². The Morgan fingerprint density at radius 3 is 2.93 bits per heavy atom. The molecule has 0 saturated heterocycles. The summed E-state index contributed by atoms with van der Waals surface area (Å²) < 4.78 is 4.47. The minimum absolute atomic E-state index is 0.0363. The van der Waals surface area contributed by atoms with E-state index in [0.717, 1.165) is 0 Å². The van der Waals surface area contributed by atoms with Gasteiger partial charge in [-0.15, -0.1) is 0 Å². The fourth-order valence-corrected chi connectivity index (χ4v) is 0.965. The van der Waals surface area contributed by atoms with Crippen LogP contribution >= 0.6 is 0 Å². The summed E-state index contributed by atoms with van der Waals surface area (Å²) >= 11 is 0. The molecular weight excluding hydrogens is 196 g/mol. The highest BCUT2D eigenvalue weighted by atomic mass is 16.5. The Balaban J connectivity index is 3.24. The summed E-state index contributed by atoms with van der Waals surface area (Å²) in [5.74, 6) is -0.552. The molecule has 0 fully saturated rings. The van der Waals surface area contributed by atoms with Gasteiger partial charge >= 0.3 is 5.97 Å². The van der Waals surface area contributed by atoms with E-state index < -0.39 is 5.97 Å². The summed E-state index contributed by atoms with van der Waals surface area (Å²) in [6.45, 7) is 0. The zero-order chi connectivity index (χ0) is 11.4. The van der Waals surface area contributed by atoms with Crippen LogP contribution in [0.3, 0.4) is 0 Å². The van der Waals surface area contributed by atoms with E-state index in [1.807, 2.05) is 0 Å². The number of carbonyl (C=O) groups is 1. The molecule has 0 bridgehead atoms. The maximum atomic E-state index is 11.1. The van der Waals surface area contributed by atoms with Gasteiger partial charge in [-0.2, -0.15) is 5.26 Å². The molecular formula is C9H8N4O2. The lowest BCUT2D eigenvalue weighted by Gasteiger charge is -2.03. The van der Waals surface area contributed by atoms with Gasteiger partial charge < -0.3 is 10.5 Å². The topological polar surface area (TPSA) is 113 Å². The maximum absolute atomic E-state index is 11.1. The zero-order valence-electron chi connectivity index (χ0n) is 7.94. The number of nitrogen functional groups attached to an aromatic ring is 1. The molecule has 6 nitrogen and oxygen atoms in total. The van der Waals surface area contributed by atoms with Crippen molar-refractivity contribution in [3.63, 3.8) is 0 Å². The predicted octanol–water partition coefficient (Wildman–Crippen LogP) is 0.342. The van der Waals surface area contributed by atoms with Gasteiger partial charge in [0.2, 0.25) is 0 Å². The third-order valence-corrected chi connectivity index (χ3v) is 1.72. The standard InChI is InChI=1S/C9H8N4O2/c1-15-9(14)5-2-6(7(11)3-10)8(12)13-4-5/h2,4,11H,1H3,(H2,12,13). The van der Waals surface area contributed by atoms with Crippen molar-refractivity contribution in [2.24, 2.45) is 0 Å². The highest BCUT2D eigenvalue weighted by molar-refractivity contribution is 6.12. The molecule has 0 saturated carbocycles. The van der Waals surface area contributed by atoms with Crippen LogP contribution in [0.1, 0.15) is 15.9 Å². The molecule has 1 rings (SSSR count). The highest BCUT2D eigenvalue weighted by Gasteiger charge is 2.12. The van der Waals surface area contributed by atoms with Gasteiger partial charge in [0.15, 0.2) is 0 Å². The van der Waals surface area contributed by atoms with Gasteiger partial charge in [0, 0.05) is 6.20 Å². The lowest BCUT2D eigenvalue weighted by atomic mass is 10.1. The van der Waals surface area contributed by atoms with Gasteiger partial charge in [-0.3, -0.25) is 5.41 Å². The molecule has 1 aromatic rings. The minimum atomic E-state index is -0.588. The number of esters is 1. The highest BCUT2D eigenvalue weighted by Crippen LogP contribution is 2.12. The molecule has 6 heteroatoms. The largest absolute Gasteiger partial charge is 0.465 e. The maximum Gasteiger partial charge on any atom is 0.339 e. The van der Waals surface area contributed by atoms with E-state index in [2.05, 4.69) is 9.72 Å². The number of nitrogens with two attached hydrogens (primary N) is 1. The molecule has 0 aliphatic heterocycles. The van der Waals surface area contributed by atoms with Gasteiger partial charge in [-0.25, -0.2) is 9.78 Å². The second-order valence-corrected chi connectivity index (χ2v) is 2.64. The fourth-order valence-electron chi connectivity index (χ4n) is 0.965. The second-order valence-electron chi connectivity index (χ2n) is 2.64. The van der Waals surface area contributed by atoms with Crippen LogP contribution in [-0.4, -0.2) is 23.8 Å². The van der Waals surface area contributed by atoms with Crippen molar-refractivity contribution in [3.05, 3.63) is 23.4 Å². The molecule has 0 aliphatic carbocycles. The van der Waals surface area contributed by atoms with Crippen LogP contribution in [0.2, 0.25) is 0 Å². The Morgan fingerprint density at radius 1 is 1.73 bits per heavy atom. The summed E-state index contributed by atoms with van der Waals surface area (Å²) in [5.41, 5.74) is 5.39. The third kappa shape index (κ3) is 2.08. The first kappa shape index (κ1) is 10.7. The van der Waals surface area contributed by atoms with Crippen molar-refractivity contribution in [2.75, 3.05) is 12.8 Å². The van der Waals surface area contributed by atoms with Crippen molar-refractivity contribution >= 4 is 17.5 Å². The molecule has 1 aromatic heterocycles. The average molecular weight is 204 g/mol. The van der Waals surface area contributed by atoms with Crippen molar-refractivity contribution in [1.29, 1.82) is 10.7 Å². The van der Waals surface area contributed by atoms with Crippen molar-refractivity contribution < 1.29 is 9.53 Å². The fraction of sp³-hybridized carbons (Fsp3) is 0.111. The van der Waals surface area contributed by atoms with E-state index in [9.17, 15) is 4.79 Å². The van der Waals surface area contributed by atoms with Crippen molar-refractivity contribution in [2.45, 2.75) is 0 Å². The molecule has 0 aliphatic rings. The Morgan fingerprint density at radius 2 is 2.40 bits per heavy atom. The summed E-state index contributed by atoms with van der Waals surface area (Å²) in [5, 5.41) is 15.8. The number of anilines is 1. The van der Waals surface area contributed by atoms with E-state index in [-0.39, 0.29) is 22.7 Å². The molecule has 15 heavy (non-hydrogen) atoms. The monoisotopic (exact) mass is 204 g/mol. The Labute approximate surface area is 85.8 Å². The van der Waals surface area contributed by atoms with E-state index in [1.54, 1.807) is 6.07 Å². The zero-order valence-corrected chi connectivity index (χ0v) is 7.94. The molecule has 1 heterocycles. The van der Waals surface area contributed by atoms with Gasteiger partial charge in [0.05, 0.1) is 18.2 Å². The Bertz CT molecular complexity index is 462. The molecule has 3 N–H and O–H groups in total.